The molecular weight excluding hydrogens is 276 g/mol. The van der Waals surface area contributed by atoms with Gasteiger partial charge in [-0.15, -0.1) is 0 Å². The third-order valence-electron chi connectivity index (χ3n) is 3.62. The van der Waals surface area contributed by atoms with E-state index >= 15 is 0 Å². The molecule has 2 aromatic carbocycles. The lowest BCUT2D eigenvalue weighted by Gasteiger charge is -2.32. The zero-order valence-corrected chi connectivity index (χ0v) is 11.1. The number of carbonyl (C=O) groups excluding carboxylic acids is 1. The summed E-state index contributed by atoms with van der Waals surface area (Å²) in [5.41, 5.74) is 0.847. The number of hydrogen-bond acceptors (Lipinski definition) is 2. The maximum atomic E-state index is 13.8. The molecule has 1 atom stereocenters. The molecule has 3 rings (SSSR count). The highest BCUT2D eigenvalue weighted by molar-refractivity contribution is 6.07. The molecular formula is C16H13F2NO2. The molecule has 108 valence electrons. The van der Waals surface area contributed by atoms with Crippen molar-refractivity contribution in [3.8, 4) is 0 Å². The third-order valence-corrected chi connectivity index (χ3v) is 3.62. The van der Waals surface area contributed by atoms with Gasteiger partial charge in [-0.05, 0) is 30.7 Å². The van der Waals surface area contributed by atoms with Gasteiger partial charge in [-0.1, -0.05) is 18.2 Å². The first-order valence-corrected chi connectivity index (χ1v) is 6.62. The molecule has 0 spiro atoms. The maximum absolute atomic E-state index is 13.8. The van der Waals surface area contributed by atoms with Crippen molar-refractivity contribution in [3.63, 3.8) is 0 Å². The van der Waals surface area contributed by atoms with Crippen LogP contribution in [0.15, 0.2) is 42.5 Å². The number of aliphatic hydroxyl groups excluding tert-OH is 1. The van der Waals surface area contributed by atoms with Gasteiger partial charge in [0.25, 0.3) is 5.91 Å². The number of fused-ring (bicyclic) bond motifs is 1. The summed E-state index contributed by atoms with van der Waals surface area (Å²) in [7, 11) is 0. The zero-order valence-electron chi connectivity index (χ0n) is 11.1. The van der Waals surface area contributed by atoms with Crippen LogP contribution in [0, 0.1) is 11.6 Å². The van der Waals surface area contributed by atoms with Gasteiger partial charge in [0, 0.05) is 17.8 Å². The van der Waals surface area contributed by atoms with E-state index < -0.39 is 23.6 Å². The SMILES string of the molecule is O=C(c1cc(F)ccc1F)N1CCC(O)c2ccccc21. The Bertz CT molecular complexity index is 702. The van der Waals surface area contributed by atoms with Crippen LogP contribution in [0.5, 0.6) is 0 Å². The average molecular weight is 289 g/mol. The minimum Gasteiger partial charge on any atom is -0.388 e. The van der Waals surface area contributed by atoms with Crippen molar-refractivity contribution in [2.75, 3.05) is 11.4 Å². The lowest BCUT2D eigenvalue weighted by Crippen LogP contribution is -2.37. The number of aliphatic hydroxyl groups is 1. The van der Waals surface area contributed by atoms with Crippen molar-refractivity contribution >= 4 is 11.6 Å². The molecule has 1 heterocycles. The minimum absolute atomic E-state index is 0.257. The Morgan fingerprint density at radius 1 is 1.19 bits per heavy atom. The Morgan fingerprint density at radius 3 is 2.76 bits per heavy atom. The van der Waals surface area contributed by atoms with Crippen molar-refractivity contribution in [3.05, 3.63) is 65.2 Å². The molecule has 0 radical (unpaired) electrons. The third kappa shape index (κ3) is 2.40. The van der Waals surface area contributed by atoms with Crippen LogP contribution in [0.3, 0.4) is 0 Å². The van der Waals surface area contributed by atoms with Gasteiger partial charge in [0.15, 0.2) is 0 Å². The molecule has 2 aromatic rings. The molecule has 1 unspecified atom stereocenters. The van der Waals surface area contributed by atoms with Crippen molar-refractivity contribution in [1.29, 1.82) is 0 Å². The predicted molar refractivity (Wildman–Crippen MR) is 74.1 cm³/mol. The molecule has 1 aliphatic rings. The van der Waals surface area contributed by atoms with E-state index in [0.29, 0.717) is 17.7 Å². The Balaban J connectivity index is 2.03. The van der Waals surface area contributed by atoms with Gasteiger partial charge in [-0.3, -0.25) is 4.79 Å². The summed E-state index contributed by atoms with van der Waals surface area (Å²) in [4.78, 5) is 13.9. The van der Waals surface area contributed by atoms with E-state index in [2.05, 4.69) is 0 Å². The van der Waals surface area contributed by atoms with Gasteiger partial charge in [0.05, 0.1) is 11.7 Å². The van der Waals surface area contributed by atoms with Crippen LogP contribution in [0.25, 0.3) is 0 Å². The van der Waals surface area contributed by atoms with E-state index in [1.54, 1.807) is 24.3 Å². The Morgan fingerprint density at radius 2 is 1.95 bits per heavy atom. The molecule has 1 amide bonds. The average Bonchev–Trinajstić information content (AvgIpc) is 2.50. The van der Waals surface area contributed by atoms with Crippen LogP contribution in [0.1, 0.15) is 28.4 Å². The van der Waals surface area contributed by atoms with Gasteiger partial charge >= 0.3 is 0 Å². The van der Waals surface area contributed by atoms with Crippen molar-refractivity contribution < 1.29 is 18.7 Å². The standard InChI is InChI=1S/C16H13F2NO2/c17-10-5-6-13(18)12(9-10)16(21)19-8-7-15(20)11-3-1-2-4-14(11)19/h1-6,9,15,20H,7-8H2. The fourth-order valence-corrected chi connectivity index (χ4v) is 2.56. The molecule has 0 saturated carbocycles. The highest BCUT2D eigenvalue weighted by Gasteiger charge is 2.29. The predicted octanol–water partition coefficient (Wildman–Crippen LogP) is 3.05. The number of carbonyl (C=O) groups is 1. The molecule has 3 nitrogen and oxygen atoms in total. The Hall–Kier alpha value is -2.27. The Labute approximate surface area is 120 Å². The second-order valence-electron chi connectivity index (χ2n) is 4.94. The van der Waals surface area contributed by atoms with E-state index in [1.807, 2.05) is 0 Å². The monoisotopic (exact) mass is 289 g/mol. The van der Waals surface area contributed by atoms with Gasteiger partial charge in [-0.25, -0.2) is 8.78 Å². The summed E-state index contributed by atoms with van der Waals surface area (Å²) >= 11 is 0. The van der Waals surface area contributed by atoms with Crippen molar-refractivity contribution in [1.82, 2.24) is 0 Å². The molecule has 0 saturated heterocycles. The molecule has 1 N–H and O–H groups in total. The smallest absolute Gasteiger partial charge is 0.261 e. The summed E-state index contributed by atoms with van der Waals surface area (Å²) < 4.78 is 27.0. The van der Waals surface area contributed by atoms with E-state index in [4.69, 9.17) is 0 Å². The molecule has 5 heteroatoms. The van der Waals surface area contributed by atoms with Gasteiger partial charge in [-0.2, -0.15) is 0 Å². The first-order chi connectivity index (χ1) is 10.1. The number of halogens is 2. The second-order valence-corrected chi connectivity index (χ2v) is 4.94. The van der Waals surface area contributed by atoms with Crippen LogP contribution >= 0.6 is 0 Å². The van der Waals surface area contributed by atoms with Crippen LogP contribution < -0.4 is 4.90 Å². The number of hydrogen-bond donors (Lipinski definition) is 1. The molecule has 21 heavy (non-hydrogen) atoms. The summed E-state index contributed by atoms with van der Waals surface area (Å²) in [6.07, 6.45) is -0.290. The van der Waals surface area contributed by atoms with E-state index in [0.717, 1.165) is 18.2 Å². The number of nitrogens with zero attached hydrogens (tertiary/aromatic N) is 1. The highest BCUT2D eigenvalue weighted by atomic mass is 19.1. The largest absolute Gasteiger partial charge is 0.388 e. The van der Waals surface area contributed by atoms with Crippen LogP contribution in [-0.2, 0) is 0 Å². The summed E-state index contributed by atoms with van der Waals surface area (Å²) in [6, 6.07) is 9.71. The number of anilines is 1. The lowest BCUT2D eigenvalue weighted by molar-refractivity contribution is 0.0966. The number of benzene rings is 2. The number of amides is 1. The van der Waals surface area contributed by atoms with Crippen molar-refractivity contribution in [2.45, 2.75) is 12.5 Å². The number of para-hydroxylation sites is 1. The van der Waals surface area contributed by atoms with Gasteiger partial charge < -0.3 is 10.0 Å². The summed E-state index contributed by atoms with van der Waals surface area (Å²) in [5, 5.41) is 9.96. The molecule has 0 fully saturated rings. The molecule has 1 aliphatic heterocycles. The zero-order chi connectivity index (χ0) is 15.0. The fraction of sp³-hybridized carbons (Fsp3) is 0.188. The Kier molecular flexibility index (Phi) is 3.43. The van der Waals surface area contributed by atoms with Crippen LogP contribution in [-0.4, -0.2) is 17.6 Å². The normalized spacial score (nSPS) is 17.5. The maximum Gasteiger partial charge on any atom is 0.261 e. The quantitative estimate of drug-likeness (QED) is 0.876. The van der Waals surface area contributed by atoms with Crippen LogP contribution in [0.4, 0.5) is 14.5 Å². The van der Waals surface area contributed by atoms with Crippen LogP contribution in [0.2, 0.25) is 0 Å². The fourth-order valence-electron chi connectivity index (χ4n) is 2.56. The van der Waals surface area contributed by atoms with Gasteiger partial charge in [0.1, 0.15) is 11.6 Å². The highest BCUT2D eigenvalue weighted by Crippen LogP contribution is 2.34. The van der Waals surface area contributed by atoms with E-state index in [-0.39, 0.29) is 12.1 Å². The minimum atomic E-state index is -0.759. The first kappa shape index (κ1) is 13.7. The van der Waals surface area contributed by atoms with E-state index in [1.165, 1.54) is 4.90 Å². The molecule has 0 aliphatic carbocycles. The first-order valence-electron chi connectivity index (χ1n) is 6.62. The van der Waals surface area contributed by atoms with Gasteiger partial charge in [0.2, 0.25) is 0 Å². The van der Waals surface area contributed by atoms with E-state index in [9.17, 15) is 18.7 Å². The summed E-state index contributed by atoms with van der Waals surface area (Å²) in [6.45, 7) is 0.257. The van der Waals surface area contributed by atoms with Crippen molar-refractivity contribution in [2.24, 2.45) is 0 Å². The lowest BCUT2D eigenvalue weighted by atomic mass is 9.98. The molecule has 0 aromatic heterocycles. The molecule has 0 bridgehead atoms. The number of rotatable bonds is 1. The second kappa shape index (κ2) is 5.26. The summed E-state index contributed by atoms with van der Waals surface area (Å²) in [5.74, 6) is -2.03. The topological polar surface area (TPSA) is 40.5 Å².